The Morgan fingerprint density at radius 2 is 1.65 bits per heavy atom. The van der Waals surface area contributed by atoms with Gasteiger partial charge in [-0.05, 0) is 24.6 Å². The van der Waals surface area contributed by atoms with Gasteiger partial charge in [0.2, 0.25) is 0 Å². The second-order valence-corrected chi connectivity index (χ2v) is 5.43. The molecule has 94 valence electrons. The highest BCUT2D eigenvalue weighted by molar-refractivity contribution is 6.22. The van der Waals surface area contributed by atoms with Crippen molar-refractivity contribution in [1.29, 1.82) is 0 Å². The first-order valence-electron chi connectivity index (χ1n) is 6.84. The Kier molecular flexibility index (Phi) is 1.68. The van der Waals surface area contributed by atoms with Crippen molar-refractivity contribution in [3.63, 3.8) is 0 Å². The van der Waals surface area contributed by atoms with Crippen molar-refractivity contribution in [2.24, 2.45) is 0 Å². The molecule has 5 rings (SSSR count). The van der Waals surface area contributed by atoms with Gasteiger partial charge in [0.25, 0.3) is 0 Å². The first kappa shape index (κ1) is 10.2. The molecule has 0 atom stereocenters. The predicted molar refractivity (Wildman–Crippen MR) is 83.6 cm³/mol. The van der Waals surface area contributed by atoms with Crippen LogP contribution in [0.3, 0.4) is 0 Å². The summed E-state index contributed by atoms with van der Waals surface area (Å²) in [6.07, 6.45) is 1.95. The van der Waals surface area contributed by atoms with Crippen LogP contribution in [0.25, 0.3) is 38.2 Å². The average molecular weight is 256 g/mol. The lowest BCUT2D eigenvalue weighted by atomic mass is 10.1. The first-order valence-corrected chi connectivity index (χ1v) is 6.84. The fourth-order valence-corrected chi connectivity index (χ4v) is 3.39. The molecule has 3 heterocycles. The summed E-state index contributed by atoms with van der Waals surface area (Å²) in [4.78, 5) is 4.66. The van der Waals surface area contributed by atoms with Crippen LogP contribution < -0.4 is 0 Å². The maximum atomic E-state index is 4.66. The summed E-state index contributed by atoms with van der Waals surface area (Å²) in [5.74, 6) is 0. The molecule has 3 aromatic heterocycles. The Morgan fingerprint density at radius 3 is 2.60 bits per heavy atom. The molecule has 0 spiro atoms. The molecule has 0 saturated carbocycles. The van der Waals surface area contributed by atoms with Crippen molar-refractivity contribution in [1.82, 2.24) is 9.38 Å². The van der Waals surface area contributed by atoms with E-state index in [2.05, 4.69) is 64.8 Å². The highest BCUT2D eigenvalue weighted by Crippen LogP contribution is 2.37. The van der Waals surface area contributed by atoms with Crippen LogP contribution in [0, 0.1) is 6.92 Å². The van der Waals surface area contributed by atoms with Gasteiger partial charge < -0.3 is 4.40 Å². The molecule has 0 saturated heterocycles. The summed E-state index contributed by atoms with van der Waals surface area (Å²) in [6, 6.07) is 17.3. The molecule has 5 aromatic rings. The molecule has 0 aliphatic rings. The van der Waals surface area contributed by atoms with Crippen molar-refractivity contribution < 1.29 is 0 Å². The number of benzene rings is 2. The topological polar surface area (TPSA) is 17.3 Å². The Bertz CT molecular complexity index is 1100. The molecule has 0 N–H and O–H groups in total. The SMILES string of the molecule is Cc1cnc2c3cccc4c5ccccc5n(c2c1)c43. The fourth-order valence-electron chi connectivity index (χ4n) is 3.39. The van der Waals surface area contributed by atoms with Gasteiger partial charge in [-0.25, -0.2) is 0 Å². The minimum absolute atomic E-state index is 1.10. The molecule has 20 heavy (non-hydrogen) atoms. The monoisotopic (exact) mass is 256 g/mol. The molecule has 0 amide bonds. The Balaban J connectivity index is 2.28. The normalized spacial score (nSPS) is 12.2. The zero-order valence-corrected chi connectivity index (χ0v) is 11.1. The maximum absolute atomic E-state index is 4.66. The smallest absolute Gasteiger partial charge is 0.0963 e. The van der Waals surface area contributed by atoms with Crippen molar-refractivity contribution in [3.05, 3.63) is 60.3 Å². The maximum Gasteiger partial charge on any atom is 0.0963 e. The van der Waals surface area contributed by atoms with Gasteiger partial charge in [0, 0.05) is 22.4 Å². The predicted octanol–water partition coefficient (Wildman–Crippen LogP) is 4.54. The number of fused-ring (bicyclic) bond motifs is 6. The molecule has 0 unspecified atom stereocenters. The standard InChI is InChI=1S/C18H12N2/c1-11-9-16-17(19-10-11)14-7-4-6-13-12-5-2-3-8-15(12)20(16)18(13)14/h2-10H,1H3. The highest BCUT2D eigenvalue weighted by atomic mass is 14.9. The number of aryl methyl sites for hydroxylation is 1. The van der Waals surface area contributed by atoms with E-state index in [1.807, 2.05) is 6.20 Å². The molecular formula is C18H12N2. The van der Waals surface area contributed by atoms with E-state index in [-0.39, 0.29) is 0 Å². The van der Waals surface area contributed by atoms with Gasteiger partial charge in [-0.1, -0.05) is 36.4 Å². The summed E-state index contributed by atoms with van der Waals surface area (Å²) in [6.45, 7) is 2.10. The quantitative estimate of drug-likeness (QED) is 0.397. The van der Waals surface area contributed by atoms with Crippen LogP contribution in [0.2, 0.25) is 0 Å². The zero-order valence-electron chi connectivity index (χ0n) is 11.1. The van der Waals surface area contributed by atoms with Crippen molar-refractivity contribution >= 4 is 38.2 Å². The Labute approximate surface area is 115 Å². The van der Waals surface area contributed by atoms with Crippen molar-refractivity contribution in [2.75, 3.05) is 0 Å². The lowest BCUT2D eigenvalue weighted by molar-refractivity contribution is 1.30. The van der Waals surface area contributed by atoms with Crippen LogP contribution >= 0.6 is 0 Å². The summed E-state index contributed by atoms with van der Waals surface area (Å²) < 4.78 is 2.36. The number of rotatable bonds is 0. The van der Waals surface area contributed by atoms with Crippen LogP contribution in [0.4, 0.5) is 0 Å². The van der Waals surface area contributed by atoms with Gasteiger partial charge >= 0.3 is 0 Å². The lowest BCUT2D eigenvalue weighted by Crippen LogP contribution is -1.83. The van der Waals surface area contributed by atoms with Crippen LogP contribution in [0.1, 0.15) is 5.56 Å². The van der Waals surface area contributed by atoms with E-state index in [0.717, 1.165) is 5.52 Å². The minimum Gasteiger partial charge on any atom is -0.306 e. The largest absolute Gasteiger partial charge is 0.306 e. The van der Waals surface area contributed by atoms with Crippen molar-refractivity contribution in [2.45, 2.75) is 6.92 Å². The van der Waals surface area contributed by atoms with Gasteiger partial charge in [0.15, 0.2) is 0 Å². The highest BCUT2D eigenvalue weighted by Gasteiger charge is 2.16. The molecule has 2 aromatic carbocycles. The minimum atomic E-state index is 1.10. The first-order chi connectivity index (χ1) is 9.84. The molecule has 2 nitrogen and oxygen atoms in total. The summed E-state index contributed by atoms with van der Waals surface area (Å²) in [7, 11) is 0. The lowest BCUT2D eigenvalue weighted by Gasteiger charge is -1.97. The van der Waals surface area contributed by atoms with Gasteiger partial charge in [-0.3, -0.25) is 4.98 Å². The van der Waals surface area contributed by atoms with E-state index in [4.69, 9.17) is 0 Å². The average Bonchev–Trinajstić information content (AvgIpc) is 2.98. The number of hydrogen-bond donors (Lipinski definition) is 0. The molecule has 0 fully saturated rings. The van der Waals surface area contributed by atoms with E-state index in [1.165, 1.54) is 38.3 Å². The molecular weight excluding hydrogens is 244 g/mol. The van der Waals surface area contributed by atoms with E-state index >= 15 is 0 Å². The second kappa shape index (κ2) is 3.28. The fraction of sp³-hybridized carbons (Fsp3) is 0.0556. The molecule has 0 aliphatic heterocycles. The third-order valence-electron chi connectivity index (χ3n) is 4.20. The number of aromatic nitrogens is 2. The van der Waals surface area contributed by atoms with Gasteiger partial charge in [0.05, 0.1) is 22.1 Å². The molecule has 0 radical (unpaired) electrons. The summed E-state index contributed by atoms with van der Waals surface area (Å²) in [5.41, 5.74) is 6.06. The number of nitrogens with zero attached hydrogens (tertiary/aromatic N) is 2. The van der Waals surface area contributed by atoms with E-state index in [1.54, 1.807) is 0 Å². The van der Waals surface area contributed by atoms with Crippen LogP contribution in [-0.2, 0) is 0 Å². The van der Waals surface area contributed by atoms with E-state index in [0.29, 0.717) is 0 Å². The van der Waals surface area contributed by atoms with Crippen LogP contribution in [-0.4, -0.2) is 9.38 Å². The number of pyridine rings is 1. The van der Waals surface area contributed by atoms with Crippen LogP contribution in [0.5, 0.6) is 0 Å². The molecule has 0 aliphatic carbocycles. The third-order valence-corrected chi connectivity index (χ3v) is 4.20. The second-order valence-electron chi connectivity index (χ2n) is 5.43. The van der Waals surface area contributed by atoms with Crippen molar-refractivity contribution in [3.8, 4) is 0 Å². The van der Waals surface area contributed by atoms with Gasteiger partial charge in [-0.15, -0.1) is 0 Å². The van der Waals surface area contributed by atoms with E-state index in [9.17, 15) is 0 Å². The van der Waals surface area contributed by atoms with Gasteiger partial charge in [-0.2, -0.15) is 0 Å². The van der Waals surface area contributed by atoms with Crippen LogP contribution in [0.15, 0.2) is 54.7 Å². The summed E-state index contributed by atoms with van der Waals surface area (Å²) >= 11 is 0. The molecule has 0 bridgehead atoms. The zero-order chi connectivity index (χ0) is 13.3. The molecule has 2 heteroatoms. The Morgan fingerprint density at radius 1 is 0.850 bits per heavy atom. The van der Waals surface area contributed by atoms with Gasteiger partial charge in [0.1, 0.15) is 0 Å². The number of hydrogen-bond acceptors (Lipinski definition) is 1. The number of para-hydroxylation sites is 2. The van der Waals surface area contributed by atoms with E-state index < -0.39 is 0 Å². The Hall–Kier alpha value is -2.61. The summed E-state index contributed by atoms with van der Waals surface area (Å²) in [5, 5.41) is 3.87. The third kappa shape index (κ3) is 1.04.